The third kappa shape index (κ3) is 184. The molecular weight excluding hydrogens is 1510 g/mol. The van der Waals surface area contributed by atoms with Crippen LogP contribution in [0, 0.1) is 0 Å². The number of hydrogen-bond acceptors (Lipinski definition) is 0. The van der Waals surface area contributed by atoms with Gasteiger partial charge in [0.05, 0.1) is 0 Å². The van der Waals surface area contributed by atoms with Crippen molar-refractivity contribution in [1.82, 2.24) is 0 Å². The van der Waals surface area contributed by atoms with E-state index in [1.165, 1.54) is 0 Å². The summed E-state index contributed by atoms with van der Waals surface area (Å²) in [5.74, 6) is 0. The van der Waals surface area contributed by atoms with Crippen LogP contribution in [0.3, 0.4) is 0 Å². The fourth-order valence-electron chi connectivity index (χ4n) is 0. The summed E-state index contributed by atoms with van der Waals surface area (Å²) < 4.78 is 0. The molecule has 19 heavy (non-hydrogen) atoms. The predicted molar refractivity (Wildman–Crippen MR) is 115 cm³/mol. The molecule has 0 unspecified atom stereocenters. The Morgan fingerprint density at radius 3 is 0.316 bits per heavy atom. The molecule has 19 heteroatoms. The normalized spacial score (nSPS) is 2.11. The van der Waals surface area contributed by atoms with Crippen molar-refractivity contribution in [2.45, 2.75) is 0 Å². The third-order valence-corrected chi connectivity index (χ3v) is 0. The zero-order valence-corrected chi connectivity index (χ0v) is 43.7. The Bertz CT molecular complexity index is 40.7. The first-order chi connectivity index (χ1) is 8.00. The van der Waals surface area contributed by atoms with E-state index in [1.54, 1.807) is 0 Å². The van der Waals surface area contributed by atoms with Crippen LogP contribution in [0.25, 0.3) is 0 Å². The van der Waals surface area contributed by atoms with Gasteiger partial charge in [-0.3, -0.25) is 0 Å². The molecule has 0 spiro atoms. The first-order valence-corrected chi connectivity index (χ1v) is 39.4. The molecule has 0 aromatic carbocycles. The van der Waals surface area contributed by atoms with Gasteiger partial charge < -0.3 is 0 Å². The summed E-state index contributed by atoms with van der Waals surface area (Å²) in [5, 5.41) is 0. The van der Waals surface area contributed by atoms with Crippen molar-refractivity contribution in [2.24, 2.45) is 0 Å². The van der Waals surface area contributed by atoms with E-state index >= 15 is 0 Å². The standard InChI is InChI=1S/Cu.Ga.In.8HSe2/c;;;8*1-2/h;;;8*1H/q+2;2*+3;8*-1. The zero-order chi connectivity index (χ0) is 16.0. The summed E-state index contributed by atoms with van der Waals surface area (Å²) in [7, 11) is 0. The maximum absolute atomic E-state index is 2.56. The monoisotopic (exact) mass is 1530 g/mol. The van der Waals surface area contributed by atoms with Crippen LogP contribution in [-0.4, -0.2) is 264 Å². The topological polar surface area (TPSA) is 0 Å². The molecule has 0 saturated heterocycles. The van der Waals surface area contributed by atoms with Gasteiger partial charge in [-0.05, 0) is 0 Å². The number of hydrogen-bond donors (Lipinski definition) is 0. The molecule has 1 radical (unpaired) electrons. The van der Waals surface area contributed by atoms with Gasteiger partial charge in [0, 0.05) is 0 Å². The Labute approximate surface area is 273 Å². The van der Waals surface area contributed by atoms with Crippen LogP contribution in [0.4, 0.5) is 0 Å². The second-order valence-corrected chi connectivity index (χ2v) is 0. The van der Waals surface area contributed by atoms with Crippen molar-refractivity contribution in [3.63, 3.8) is 0 Å². The molecule has 121 valence electrons. The van der Waals surface area contributed by atoms with Gasteiger partial charge in [-0.1, -0.05) is 0 Å². The molecule has 0 rings (SSSR count). The molecular formula is H8CuGaInSe16. The van der Waals surface area contributed by atoms with Crippen molar-refractivity contribution in [2.75, 3.05) is 0 Å². The molecule has 0 aliphatic rings. The Hall–Kier alpha value is 10.3. The Balaban J connectivity index is -0.00000000418. The van der Waals surface area contributed by atoms with Crippen LogP contribution >= 0.6 is 0 Å². The van der Waals surface area contributed by atoms with E-state index in [2.05, 4.69) is 218 Å². The van der Waals surface area contributed by atoms with Crippen molar-refractivity contribution in [3.8, 4) is 0 Å². The van der Waals surface area contributed by atoms with E-state index in [0.29, 0.717) is 0 Å². The second-order valence-electron chi connectivity index (χ2n) is 0. The van der Waals surface area contributed by atoms with Gasteiger partial charge in [-0.15, -0.1) is 0 Å². The molecule has 0 fully saturated rings. The molecule has 0 aromatic heterocycles. The van der Waals surface area contributed by atoms with Gasteiger partial charge in [0.1, 0.15) is 0 Å². The van der Waals surface area contributed by atoms with Gasteiger partial charge in [0.15, 0.2) is 0 Å². The van der Waals surface area contributed by atoms with Crippen LogP contribution in [0.2, 0.25) is 0 Å². The van der Waals surface area contributed by atoms with Gasteiger partial charge >= 0.3 is 281 Å². The van der Waals surface area contributed by atoms with E-state index in [0.717, 1.165) is 0 Å². The molecule has 0 heterocycles. The second kappa shape index (κ2) is 198. The van der Waals surface area contributed by atoms with E-state index in [4.69, 9.17) is 0 Å². The van der Waals surface area contributed by atoms with Crippen molar-refractivity contribution < 1.29 is 17.1 Å². The summed E-state index contributed by atoms with van der Waals surface area (Å²) in [5.41, 5.74) is 0. The molecule has 0 nitrogen and oxygen atoms in total. The summed E-state index contributed by atoms with van der Waals surface area (Å²) in [4.78, 5) is 0. The van der Waals surface area contributed by atoms with E-state index in [9.17, 15) is 0 Å². The summed E-state index contributed by atoms with van der Waals surface area (Å²) >= 11 is 38.0. The van der Waals surface area contributed by atoms with Crippen molar-refractivity contribution in [1.29, 1.82) is 0 Å². The van der Waals surface area contributed by atoms with Crippen LogP contribution in [-0.2, 0) is 17.1 Å². The molecule has 0 atom stereocenters. The molecule has 0 aromatic rings. The van der Waals surface area contributed by atoms with Crippen LogP contribution in [0.15, 0.2) is 0 Å². The Kier molecular flexibility index (Phi) is 731. The third-order valence-electron chi connectivity index (χ3n) is 0. The summed E-state index contributed by atoms with van der Waals surface area (Å²) in [6.07, 6.45) is 0. The minimum atomic E-state index is 0. The fourth-order valence-corrected chi connectivity index (χ4v) is 0. The van der Waals surface area contributed by atoms with Crippen LogP contribution in [0.5, 0.6) is 0 Å². The average molecular weight is 1520 g/mol. The van der Waals surface area contributed by atoms with Gasteiger partial charge in [0.2, 0.25) is 0 Å². The quantitative estimate of drug-likeness (QED) is 0.212. The molecule has 0 bridgehead atoms. The summed E-state index contributed by atoms with van der Waals surface area (Å²) in [6, 6.07) is 0. The van der Waals surface area contributed by atoms with E-state index in [-0.39, 0.29) is 62.7 Å². The molecule has 0 saturated carbocycles. The van der Waals surface area contributed by atoms with Crippen LogP contribution in [0.1, 0.15) is 0 Å². The number of rotatable bonds is 0. The van der Waals surface area contributed by atoms with Gasteiger partial charge in [-0.2, -0.15) is 0 Å². The molecule has 0 aliphatic carbocycles. The molecule has 0 amide bonds. The molecule has 0 aliphatic heterocycles. The fraction of sp³-hybridized carbons (Fsp3) is 0. The molecule has 0 N–H and O–H groups in total. The summed E-state index contributed by atoms with van der Waals surface area (Å²) in [6.45, 7) is 0. The van der Waals surface area contributed by atoms with Gasteiger partial charge in [0.25, 0.3) is 0 Å². The van der Waals surface area contributed by atoms with E-state index < -0.39 is 0 Å². The predicted octanol–water partition coefficient (Wildman–Crippen LogP) is -9.00. The first-order valence-electron chi connectivity index (χ1n) is 1.46. The average Bonchev–Trinajstić information content (AvgIpc) is 2.54. The van der Waals surface area contributed by atoms with Crippen molar-refractivity contribution >= 4 is 264 Å². The Morgan fingerprint density at radius 1 is 0.316 bits per heavy atom. The minimum absolute atomic E-state index is 0. The first kappa shape index (κ1) is 70.1. The Morgan fingerprint density at radius 2 is 0.316 bits per heavy atom. The van der Waals surface area contributed by atoms with E-state index in [1.807, 2.05) is 0 Å². The maximum atomic E-state index is 2.56. The zero-order valence-electron chi connectivity index (χ0n) is 8.30. The SMILES string of the molecule is [Cu+2].[Ga+3].[In+3].[Se]=[SeH-].[Se]=[SeH-].[Se]=[SeH-].[Se]=[SeH-].[Se]=[SeH-].[Se]=[SeH-].[Se]=[SeH-].[Se]=[SeH-]. The van der Waals surface area contributed by atoms with Crippen LogP contribution < -0.4 is 0 Å². The van der Waals surface area contributed by atoms with Crippen molar-refractivity contribution in [3.05, 3.63) is 0 Å². The van der Waals surface area contributed by atoms with Gasteiger partial charge in [-0.25, -0.2) is 0 Å².